The maximum absolute atomic E-state index is 6.12. The first-order valence-electron chi connectivity index (χ1n) is 6.16. The molecule has 0 fully saturated rings. The van der Waals surface area contributed by atoms with Gasteiger partial charge in [-0.25, -0.2) is 9.97 Å². The quantitative estimate of drug-likeness (QED) is 0.906. The number of aryl methyl sites for hydroxylation is 1. The summed E-state index contributed by atoms with van der Waals surface area (Å²) in [6.45, 7) is 6.43. The van der Waals surface area contributed by atoms with E-state index in [-0.39, 0.29) is 12.0 Å². The van der Waals surface area contributed by atoms with Gasteiger partial charge in [-0.1, -0.05) is 20.8 Å². The van der Waals surface area contributed by atoms with Crippen molar-refractivity contribution in [1.29, 1.82) is 0 Å². The SMILES string of the molecule is CCc1cc2c(C(C)C(N)CC)ncnc2s1. The first-order chi connectivity index (χ1) is 8.17. The standard InChI is InChI=1S/C13H19N3S/c1-4-9-6-10-12(8(3)11(14)5-2)15-7-16-13(10)17-9/h6-8,11H,4-5,14H2,1-3H3. The molecular weight excluding hydrogens is 230 g/mol. The molecule has 2 aromatic rings. The summed E-state index contributed by atoms with van der Waals surface area (Å²) in [5.74, 6) is 0.282. The van der Waals surface area contributed by atoms with Gasteiger partial charge in [0.1, 0.15) is 11.2 Å². The van der Waals surface area contributed by atoms with Crippen LogP contribution in [0.5, 0.6) is 0 Å². The number of nitrogens with two attached hydrogens (primary N) is 1. The van der Waals surface area contributed by atoms with E-state index in [1.807, 2.05) is 0 Å². The maximum atomic E-state index is 6.12. The van der Waals surface area contributed by atoms with Crippen molar-refractivity contribution in [3.8, 4) is 0 Å². The molecule has 0 bridgehead atoms. The minimum atomic E-state index is 0.165. The van der Waals surface area contributed by atoms with Gasteiger partial charge in [-0.3, -0.25) is 0 Å². The lowest BCUT2D eigenvalue weighted by atomic mass is 9.95. The molecule has 4 heteroatoms. The molecule has 0 aromatic carbocycles. The Labute approximate surface area is 106 Å². The number of nitrogens with zero attached hydrogens (tertiary/aromatic N) is 2. The van der Waals surface area contributed by atoms with E-state index in [1.54, 1.807) is 17.7 Å². The molecule has 0 radical (unpaired) electrons. The lowest BCUT2D eigenvalue weighted by Gasteiger charge is -2.18. The van der Waals surface area contributed by atoms with Gasteiger partial charge in [0.05, 0.1) is 5.69 Å². The molecule has 17 heavy (non-hydrogen) atoms. The fraction of sp³-hybridized carbons (Fsp3) is 0.538. The zero-order valence-electron chi connectivity index (χ0n) is 10.6. The Kier molecular flexibility index (Phi) is 3.74. The second-order valence-corrected chi connectivity index (χ2v) is 5.52. The molecule has 2 unspecified atom stereocenters. The van der Waals surface area contributed by atoms with E-state index in [2.05, 4.69) is 36.8 Å². The van der Waals surface area contributed by atoms with E-state index >= 15 is 0 Å². The van der Waals surface area contributed by atoms with E-state index in [1.165, 1.54) is 10.3 Å². The molecule has 3 nitrogen and oxygen atoms in total. The zero-order chi connectivity index (χ0) is 12.4. The summed E-state index contributed by atoms with van der Waals surface area (Å²) in [5.41, 5.74) is 7.22. The first-order valence-corrected chi connectivity index (χ1v) is 6.97. The summed E-state index contributed by atoms with van der Waals surface area (Å²) in [6.07, 6.45) is 3.68. The third-order valence-electron chi connectivity index (χ3n) is 3.30. The molecule has 2 rings (SSSR count). The van der Waals surface area contributed by atoms with Gasteiger partial charge in [0.15, 0.2) is 0 Å². The van der Waals surface area contributed by atoms with Crippen LogP contribution in [0.4, 0.5) is 0 Å². The highest BCUT2D eigenvalue weighted by molar-refractivity contribution is 7.18. The predicted molar refractivity (Wildman–Crippen MR) is 73.5 cm³/mol. The third-order valence-corrected chi connectivity index (χ3v) is 4.49. The molecule has 0 aliphatic rings. The van der Waals surface area contributed by atoms with Crippen molar-refractivity contribution in [3.05, 3.63) is 23.0 Å². The number of fused-ring (bicyclic) bond motifs is 1. The van der Waals surface area contributed by atoms with Crippen molar-refractivity contribution in [2.75, 3.05) is 0 Å². The Bertz CT molecular complexity index is 506. The van der Waals surface area contributed by atoms with Crippen molar-refractivity contribution >= 4 is 21.6 Å². The van der Waals surface area contributed by atoms with Crippen LogP contribution in [0.2, 0.25) is 0 Å². The molecule has 92 valence electrons. The molecule has 2 heterocycles. The Balaban J connectivity index is 2.49. The van der Waals surface area contributed by atoms with Gasteiger partial charge in [0.2, 0.25) is 0 Å². The second kappa shape index (κ2) is 5.10. The monoisotopic (exact) mass is 249 g/mol. The third kappa shape index (κ3) is 2.33. The molecule has 0 aliphatic heterocycles. The van der Waals surface area contributed by atoms with Gasteiger partial charge in [-0.05, 0) is 18.9 Å². The van der Waals surface area contributed by atoms with Crippen LogP contribution in [0, 0.1) is 0 Å². The van der Waals surface area contributed by atoms with E-state index in [9.17, 15) is 0 Å². The van der Waals surface area contributed by atoms with E-state index in [4.69, 9.17) is 5.73 Å². The van der Waals surface area contributed by atoms with Gasteiger partial charge < -0.3 is 5.73 Å². The van der Waals surface area contributed by atoms with Crippen LogP contribution in [0.15, 0.2) is 12.4 Å². The fourth-order valence-electron chi connectivity index (χ4n) is 2.02. The summed E-state index contributed by atoms with van der Waals surface area (Å²) in [7, 11) is 0. The first kappa shape index (κ1) is 12.5. The summed E-state index contributed by atoms with van der Waals surface area (Å²) in [6, 6.07) is 2.38. The van der Waals surface area contributed by atoms with Crippen LogP contribution in [-0.2, 0) is 6.42 Å². The summed E-state index contributed by atoms with van der Waals surface area (Å²) in [4.78, 5) is 11.2. The Morgan fingerprint density at radius 2 is 2.12 bits per heavy atom. The van der Waals surface area contributed by atoms with E-state index < -0.39 is 0 Å². The van der Waals surface area contributed by atoms with Gasteiger partial charge in [-0.2, -0.15) is 0 Å². The smallest absolute Gasteiger partial charge is 0.127 e. The molecule has 2 atom stereocenters. The van der Waals surface area contributed by atoms with Crippen molar-refractivity contribution < 1.29 is 0 Å². The lowest BCUT2D eigenvalue weighted by Crippen LogP contribution is -2.26. The molecule has 0 aliphatic carbocycles. The zero-order valence-corrected chi connectivity index (χ0v) is 11.4. The highest BCUT2D eigenvalue weighted by Crippen LogP contribution is 2.30. The minimum absolute atomic E-state index is 0.165. The maximum Gasteiger partial charge on any atom is 0.127 e. The average Bonchev–Trinajstić information content (AvgIpc) is 2.79. The Morgan fingerprint density at radius 3 is 2.76 bits per heavy atom. The van der Waals surface area contributed by atoms with Crippen LogP contribution in [0.25, 0.3) is 10.2 Å². The molecule has 0 spiro atoms. The van der Waals surface area contributed by atoms with Crippen LogP contribution in [-0.4, -0.2) is 16.0 Å². The molecule has 0 amide bonds. The van der Waals surface area contributed by atoms with Gasteiger partial charge >= 0.3 is 0 Å². The van der Waals surface area contributed by atoms with Crippen molar-refractivity contribution in [3.63, 3.8) is 0 Å². The fourth-order valence-corrected chi connectivity index (χ4v) is 2.96. The highest BCUT2D eigenvalue weighted by Gasteiger charge is 2.18. The molecule has 2 aromatic heterocycles. The van der Waals surface area contributed by atoms with Crippen LogP contribution >= 0.6 is 11.3 Å². The predicted octanol–water partition coefficient (Wildman–Crippen LogP) is 3.09. The molecule has 0 saturated carbocycles. The number of hydrogen-bond acceptors (Lipinski definition) is 4. The molecule has 0 saturated heterocycles. The van der Waals surface area contributed by atoms with Crippen molar-refractivity contribution in [2.45, 2.75) is 45.6 Å². The molecular formula is C13H19N3S. The summed E-state index contributed by atoms with van der Waals surface area (Å²) in [5, 5.41) is 1.19. The van der Waals surface area contributed by atoms with E-state index in [0.29, 0.717) is 0 Å². The topological polar surface area (TPSA) is 51.8 Å². The van der Waals surface area contributed by atoms with Crippen LogP contribution < -0.4 is 5.73 Å². The second-order valence-electron chi connectivity index (χ2n) is 4.40. The minimum Gasteiger partial charge on any atom is -0.327 e. The summed E-state index contributed by atoms with van der Waals surface area (Å²) < 4.78 is 0. The largest absolute Gasteiger partial charge is 0.327 e. The normalized spacial score (nSPS) is 15.1. The van der Waals surface area contributed by atoms with Gasteiger partial charge in [0.25, 0.3) is 0 Å². The van der Waals surface area contributed by atoms with E-state index in [0.717, 1.165) is 23.4 Å². The Hall–Kier alpha value is -1.00. The number of hydrogen-bond donors (Lipinski definition) is 1. The lowest BCUT2D eigenvalue weighted by molar-refractivity contribution is 0.543. The number of aromatic nitrogens is 2. The van der Waals surface area contributed by atoms with Gasteiger partial charge in [-0.15, -0.1) is 11.3 Å². The number of thiophene rings is 1. The highest BCUT2D eigenvalue weighted by atomic mass is 32.1. The van der Waals surface area contributed by atoms with Crippen LogP contribution in [0.1, 0.15) is 43.7 Å². The van der Waals surface area contributed by atoms with Crippen molar-refractivity contribution in [2.24, 2.45) is 5.73 Å². The Morgan fingerprint density at radius 1 is 1.35 bits per heavy atom. The molecule has 2 N–H and O–H groups in total. The van der Waals surface area contributed by atoms with Crippen LogP contribution in [0.3, 0.4) is 0 Å². The number of rotatable bonds is 4. The average molecular weight is 249 g/mol. The van der Waals surface area contributed by atoms with Crippen molar-refractivity contribution in [1.82, 2.24) is 9.97 Å². The summed E-state index contributed by atoms with van der Waals surface area (Å²) >= 11 is 1.76. The van der Waals surface area contributed by atoms with Gasteiger partial charge in [0, 0.05) is 22.2 Å².